The molecule has 1 aromatic rings. The summed E-state index contributed by atoms with van der Waals surface area (Å²) in [4.78, 5) is 46.1. The lowest BCUT2D eigenvalue weighted by atomic mass is 10.2. The Morgan fingerprint density at radius 1 is 0.853 bits per heavy atom. The Labute approximate surface area is 202 Å². The van der Waals surface area contributed by atoms with Gasteiger partial charge in [0, 0.05) is 13.8 Å². The fourth-order valence-corrected chi connectivity index (χ4v) is 3.26. The van der Waals surface area contributed by atoms with E-state index < -0.39 is 38.3 Å². The zero-order valence-electron chi connectivity index (χ0n) is 21.1. The third kappa shape index (κ3) is 11.4. The van der Waals surface area contributed by atoms with Gasteiger partial charge in [-0.05, 0) is 35.8 Å². The molecule has 0 atom stereocenters. The fourth-order valence-electron chi connectivity index (χ4n) is 2.30. The quantitative estimate of drug-likeness (QED) is 0.184. The number of rotatable bonds is 12. The Balaban J connectivity index is 2.49. The summed E-state index contributed by atoms with van der Waals surface area (Å²) in [6.45, 7) is 13.3. The third-order valence-corrected chi connectivity index (χ3v) is 9.82. The lowest BCUT2D eigenvalue weighted by Crippen LogP contribution is -2.40. The normalized spacial score (nSPS) is 11.6. The molecule has 1 rings (SSSR count). The van der Waals surface area contributed by atoms with Crippen LogP contribution in [0.25, 0.3) is 0 Å². The van der Waals surface area contributed by atoms with Crippen LogP contribution in [0, 0.1) is 0 Å². The molecule has 0 unspecified atom stereocenters. The maximum atomic E-state index is 12.1. The summed E-state index contributed by atoms with van der Waals surface area (Å²) >= 11 is 0. The van der Waals surface area contributed by atoms with Crippen LogP contribution in [0.3, 0.4) is 0 Å². The van der Waals surface area contributed by atoms with Crippen molar-refractivity contribution >= 4 is 32.2 Å². The molecule has 0 bridgehead atoms. The number of benzene rings is 1. The highest BCUT2D eigenvalue weighted by molar-refractivity contribution is 6.74. The molecule has 0 heterocycles. The van der Waals surface area contributed by atoms with E-state index in [9.17, 15) is 19.2 Å². The first-order chi connectivity index (χ1) is 15.7. The molecule has 0 fully saturated rings. The zero-order chi connectivity index (χ0) is 25.9. The third-order valence-electron chi connectivity index (χ3n) is 5.34. The number of ether oxygens (including phenoxy) is 4. The van der Waals surface area contributed by atoms with E-state index in [1.54, 1.807) is 12.1 Å². The molecule has 190 valence electrons. The number of hydrogen-bond donors (Lipinski definition) is 0. The first-order valence-corrected chi connectivity index (χ1v) is 14.0. The van der Waals surface area contributed by atoms with Crippen molar-refractivity contribution in [2.75, 3.05) is 13.2 Å². The Morgan fingerprint density at radius 2 is 1.35 bits per heavy atom. The molecule has 9 nitrogen and oxygen atoms in total. The van der Waals surface area contributed by atoms with Gasteiger partial charge in [0.15, 0.2) is 14.4 Å². The van der Waals surface area contributed by atoms with Crippen molar-refractivity contribution in [2.45, 2.75) is 78.3 Å². The lowest BCUT2D eigenvalue weighted by molar-refractivity contribution is -0.165. The van der Waals surface area contributed by atoms with E-state index >= 15 is 0 Å². The van der Waals surface area contributed by atoms with Crippen molar-refractivity contribution < 1.29 is 42.6 Å². The van der Waals surface area contributed by atoms with E-state index in [4.69, 9.17) is 23.4 Å². The fraction of sp³-hybridized carbons (Fsp3) is 0.583. The molecular formula is C24H36O9Si. The van der Waals surface area contributed by atoms with Crippen molar-refractivity contribution in [1.29, 1.82) is 0 Å². The highest BCUT2D eigenvalue weighted by atomic mass is 28.4. The average molecular weight is 497 g/mol. The van der Waals surface area contributed by atoms with Crippen LogP contribution in [-0.2, 0) is 44.4 Å². The molecule has 10 heteroatoms. The average Bonchev–Trinajstić information content (AvgIpc) is 2.72. The van der Waals surface area contributed by atoms with Crippen molar-refractivity contribution in [3.8, 4) is 5.75 Å². The van der Waals surface area contributed by atoms with Gasteiger partial charge in [0.2, 0.25) is 0 Å². The molecule has 0 radical (unpaired) electrons. The summed E-state index contributed by atoms with van der Waals surface area (Å²) in [6.07, 6.45) is -1.41. The minimum absolute atomic E-state index is 0.116. The van der Waals surface area contributed by atoms with Crippen molar-refractivity contribution in [2.24, 2.45) is 0 Å². The Bertz CT molecular complexity index is 823. The van der Waals surface area contributed by atoms with Crippen molar-refractivity contribution in [1.82, 2.24) is 0 Å². The molecule has 0 saturated carbocycles. The van der Waals surface area contributed by atoms with Gasteiger partial charge in [-0.15, -0.1) is 0 Å². The standard InChI is InChI=1S/C24H36O9Si/c1-17(25)29-15-21(16-30-18(2)26)33-23(28)13-12-22(27)32-20-10-8-19(9-11-20)14-31-34(6,7)24(3,4)5/h8-11,21H,12-16H2,1-7H3. The van der Waals surface area contributed by atoms with E-state index in [1.165, 1.54) is 13.8 Å². The smallest absolute Gasteiger partial charge is 0.311 e. The van der Waals surface area contributed by atoms with Gasteiger partial charge in [0.25, 0.3) is 0 Å². The van der Waals surface area contributed by atoms with Gasteiger partial charge in [0.05, 0.1) is 19.4 Å². The van der Waals surface area contributed by atoms with Gasteiger partial charge in [-0.25, -0.2) is 0 Å². The molecule has 0 saturated heterocycles. The predicted molar refractivity (Wildman–Crippen MR) is 126 cm³/mol. The number of carbonyl (C=O) groups is 4. The highest BCUT2D eigenvalue weighted by Gasteiger charge is 2.37. The molecular weight excluding hydrogens is 460 g/mol. The van der Waals surface area contributed by atoms with E-state index in [-0.39, 0.29) is 31.1 Å². The maximum Gasteiger partial charge on any atom is 0.311 e. The second kappa shape index (κ2) is 13.2. The van der Waals surface area contributed by atoms with Gasteiger partial charge >= 0.3 is 23.9 Å². The van der Waals surface area contributed by atoms with Crippen LogP contribution in [0.5, 0.6) is 5.75 Å². The van der Waals surface area contributed by atoms with E-state index in [1.807, 2.05) is 12.1 Å². The number of hydrogen-bond acceptors (Lipinski definition) is 9. The zero-order valence-corrected chi connectivity index (χ0v) is 22.1. The molecule has 0 amide bonds. The van der Waals surface area contributed by atoms with Gasteiger partial charge in [0.1, 0.15) is 19.0 Å². The van der Waals surface area contributed by atoms with Gasteiger partial charge in [-0.1, -0.05) is 32.9 Å². The molecule has 0 aliphatic heterocycles. The highest BCUT2D eigenvalue weighted by Crippen LogP contribution is 2.37. The topological polar surface area (TPSA) is 114 Å². The van der Waals surface area contributed by atoms with E-state index in [0.29, 0.717) is 12.4 Å². The molecule has 0 aliphatic carbocycles. The van der Waals surface area contributed by atoms with E-state index in [2.05, 4.69) is 33.9 Å². The minimum Gasteiger partial charge on any atom is -0.462 e. The van der Waals surface area contributed by atoms with Crippen LogP contribution in [0.2, 0.25) is 18.1 Å². The summed E-state index contributed by atoms with van der Waals surface area (Å²) in [5.74, 6) is -2.08. The summed E-state index contributed by atoms with van der Waals surface area (Å²) in [7, 11) is -1.86. The molecule has 34 heavy (non-hydrogen) atoms. The minimum atomic E-state index is -1.86. The predicted octanol–water partition coefficient (Wildman–Crippen LogP) is 3.93. The van der Waals surface area contributed by atoms with Crippen LogP contribution in [-0.4, -0.2) is 51.5 Å². The molecule has 1 aromatic carbocycles. The van der Waals surface area contributed by atoms with Crippen LogP contribution >= 0.6 is 0 Å². The first-order valence-electron chi connectivity index (χ1n) is 11.1. The Hall–Kier alpha value is -2.72. The number of carbonyl (C=O) groups excluding carboxylic acids is 4. The summed E-state index contributed by atoms with van der Waals surface area (Å²) < 4.78 is 26.2. The maximum absolute atomic E-state index is 12.1. The monoisotopic (exact) mass is 496 g/mol. The van der Waals surface area contributed by atoms with Gasteiger partial charge < -0.3 is 23.4 Å². The largest absolute Gasteiger partial charge is 0.462 e. The molecule has 0 aliphatic rings. The molecule has 0 N–H and O–H groups in total. The molecule has 0 spiro atoms. The van der Waals surface area contributed by atoms with Crippen molar-refractivity contribution in [3.05, 3.63) is 29.8 Å². The first kappa shape index (κ1) is 29.3. The van der Waals surface area contributed by atoms with Crippen LogP contribution < -0.4 is 4.74 Å². The van der Waals surface area contributed by atoms with Crippen molar-refractivity contribution in [3.63, 3.8) is 0 Å². The lowest BCUT2D eigenvalue weighted by Gasteiger charge is -2.36. The second-order valence-corrected chi connectivity index (χ2v) is 14.2. The summed E-state index contributed by atoms with van der Waals surface area (Å²) in [6, 6.07) is 7.01. The van der Waals surface area contributed by atoms with E-state index in [0.717, 1.165) is 5.56 Å². The molecule has 0 aromatic heterocycles. The van der Waals surface area contributed by atoms with Gasteiger partial charge in [-0.2, -0.15) is 0 Å². The second-order valence-electron chi connectivity index (χ2n) is 9.38. The SMILES string of the molecule is CC(=O)OCC(COC(C)=O)OC(=O)CCC(=O)Oc1ccc(CO[Si](C)(C)C(C)(C)C)cc1. The van der Waals surface area contributed by atoms with Crippen LogP contribution in [0.4, 0.5) is 0 Å². The van der Waals surface area contributed by atoms with Gasteiger partial charge in [-0.3, -0.25) is 19.2 Å². The van der Waals surface area contributed by atoms with Crippen LogP contribution in [0.1, 0.15) is 53.0 Å². The summed E-state index contributed by atoms with van der Waals surface area (Å²) in [5.41, 5.74) is 0.972. The Kier molecular flexibility index (Phi) is 11.4. The van der Waals surface area contributed by atoms with Crippen LogP contribution in [0.15, 0.2) is 24.3 Å². The number of esters is 4. The Morgan fingerprint density at radius 3 is 1.82 bits per heavy atom. The summed E-state index contributed by atoms with van der Waals surface area (Å²) in [5, 5.41) is 0.116.